The molecule has 0 aliphatic heterocycles. The fourth-order valence-corrected chi connectivity index (χ4v) is 3.06. The van der Waals surface area contributed by atoms with E-state index in [2.05, 4.69) is 33.3 Å². The van der Waals surface area contributed by atoms with Crippen molar-refractivity contribution in [3.8, 4) is 23.1 Å². The van der Waals surface area contributed by atoms with Gasteiger partial charge < -0.3 is 4.90 Å². The quantitative estimate of drug-likeness (QED) is 0.485. The summed E-state index contributed by atoms with van der Waals surface area (Å²) in [5, 5.41) is 1.86. The topological polar surface area (TPSA) is 28.5 Å². The van der Waals surface area contributed by atoms with E-state index in [1.54, 1.807) is 11.8 Å². The Labute approximate surface area is 134 Å². The van der Waals surface area contributed by atoms with Crippen LogP contribution in [0.15, 0.2) is 41.4 Å². The molecule has 0 radical (unpaired) electrons. The van der Waals surface area contributed by atoms with Crippen molar-refractivity contribution in [3.05, 3.63) is 36.4 Å². The second-order valence-electron chi connectivity index (χ2n) is 4.42. The Kier molecular flexibility index (Phi) is 5.85. The fraction of sp³-hybridized carbons (Fsp3) is 0.250. The van der Waals surface area contributed by atoms with Gasteiger partial charge in [-0.15, -0.1) is 5.92 Å². The molecule has 0 spiro atoms. The SMILES string of the molecule is CC#CCSC(=Nc1cc(-c2ccccc2)ns1)N(C)C. The Bertz CT molecular complexity index is 664. The minimum absolute atomic E-state index is 0.748. The number of hydrogen-bond acceptors (Lipinski definition) is 4. The predicted molar refractivity (Wildman–Crippen MR) is 94.2 cm³/mol. The largest absolute Gasteiger partial charge is 0.357 e. The van der Waals surface area contributed by atoms with Gasteiger partial charge in [-0.05, 0) is 18.5 Å². The summed E-state index contributed by atoms with van der Waals surface area (Å²) < 4.78 is 4.47. The molecule has 2 aromatic rings. The number of amidine groups is 1. The van der Waals surface area contributed by atoms with Gasteiger partial charge in [0, 0.05) is 25.7 Å². The third-order valence-electron chi connectivity index (χ3n) is 2.61. The van der Waals surface area contributed by atoms with Crippen LogP contribution in [0, 0.1) is 11.8 Å². The molecule has 3 nitrogen and oxygen atoms in total. The summed E-state index contributed by atoms with van der Waals surface area (Å²) in [7, 11) is 3.98. The van der Waals surface area contributed by atoms with E-state index >= 15 is 0 Å². The van der Waals surface area contributed by atoms with E-state index in [9.17, 15) is 0 Å². The van der Waals surface area contributed by atoms with Crippen LogP contribution in [0.5, 0.6) is 0 Å². The zero-order valence-corrected chi connectivity index (χ0v) is 14.0. The first-order chi connectivity index (χ1) is 10.2. The molecule has 2 rings (SSSR count). The van der Waals surface area contributed by atoms with E-state index in [0.29, 0.717) is 0 Å². The van der Waals surface area contributed by atoms with Crippen LogP contribution in [-0.4, -0.2) is 34.3 Å². The summed E-state index contributed by atoms with van der Waals surface area (Å²) in [5.41, 5.74) is 2.09. The lowest BCUT2D eigenvalue weighted by Gasteiger charge is -2.13. The van der Waals surface area contributed by atoms with Crippen LogP contribution in [-0.2, 0) is 0 Å². The Morgan fingerprint density at radius 2 is 2.10 bits per heavy atom. The average molecular weight is 315 g/mol. The summed E-state index contributed by atoms with van der Waals surface area (Å²) in [6.07, 6.45) is 0. The minimum atomic E-state index is 0.748. The summed E-state index contributed by atoms with van der Waals surface area (Å²) in [5.74, 6) is 6.69. The molecule has 1 aromatic heterocycles. The second-order valence-corrected chi connectivity index (χ2v) is 6.15. The van der Waals surface area contributed by atoms with Gasteiger partial charge >= 0.3 is 0 Å². The molecule has 21 heavy (non-hydrogen) atoms. The number of thioether (sulfide) groups is 1. The van der Waals surface area contributed by atoms with Crippen molar-refractivity contribution in [1.82, 2.24) is 9.27 Å². The van der Waals surface area contributed by atoms with E-state index in [1.807, 2.05) is 50.2 Å². The maximum absolute atomic E-state index is 4.67. The van der Waals surface area contributed by atoms with Crippen molar-refractivity contribution in [2.75, 3.05) is 19.8 Å². The monoisotopic (exact) mass is 315 g/mol. The highest BCUT2D eigenvalue weighted by Crippen LogP contribution is 2.28. The smallest absolute Gasteiger partial charge is 0.165 e. The van der Waals surface area contributed by atoms with Gasteiger partial charge in [0.1, 0.15) is 5.00 Å². The van der Waals surface area contributed by atoms with Crippen LogP contribution in [0.3, 0.4) is 0 Å². The third-order valence-corrected chi connectivity index (χ3v) is 4.29. The molecule has 1 aromatic carbocycles. The lowest BCUT2D eigenvalue weighted by molar-refractivity contribution is 0.637. The summed E-state index contributed by atoms with van der Waals surface area (Å²) >= 11 is 3.05. The maximum atomic E-state index is 4.67. The van der Waals surface area contributed by atoms with E-state index in [0.717, 1.165) is 27.2 Å². The van der Waals surface area contributed by atoms with Crippen molar-refractivity contribution in [3.63, 3.8) is 0 Å². The first-order valence-electron chi connectivity index (χ1n) is 6.51. The van der Waals surface area contributed by atoms with Crippen LogP contribution in [0.1, 0.15) is 6.92 Å². The zero-order chi connectivity index (χ0) is 15.1. The van der Waals surface area contributed by atoms with Gasteiger partial charge in [0.25, 0.3) is 0 Å². The Balaban J connectivity index is 2.18. The van der Waals surface area contributed by atoms with Gasteiger partial charge in [-0.3, -0.25) is 0 Å². The van der Waals surface area contributed by atoms with Crippen LogP contribution >= 0.6 is 23.3 Å². The number of aromatic nitrogens is 1. The molecule has 0 saturated carbocycles. The van der Waals surface area contributed by atoms with Crippen LogP contribution in [0.2, 0.25) is 0 Å². The Hall–Kier alpha value is -1.77. The summed E-state index contributed by atoms with van der Waals surface area (Å²) in [6, 6.07) is 12.2. The first-order valence-corrected chi connectivity index (χ1v) is 8.27. The predicted octanol–water partition coefficient (Wildman–Crippen LogP) is 4.12. The maximum Gasteiger partial charge on any atom is 0.165 e. The van der Waals surface area contributed by atoms with E-state index in [1.165, 1.54) is 11.5 Å². The third kappa shape index (κ3) is 4.62. The van der Waals surface area contributed by atoms with Gasteiger partial charge in [0.15, 0.2) is 5.17 Å². The molecule has 0 atom stereocenters. The van der Waals surface area contributed by atoms with Crippen molar-refractivity contribution in [1.29, 1.82) is 0 Å². The summed E-state index contributed by atoms with van der Waals surface area (Å²) in [6.45, 7) is 1.85. The highest BCUT2D eigenvalue weighted by Gasteiger charge is 2.07. The van der Waals surface area contributed by atoms with E-state index in [-0.39, 0.29) is 0 Å². The lowest BCUT2D eigenvalue weighted by atomic mass is 10.2. The van der Waals surface area contributed by atoms with Gasteiger partial charge in [0.2, 0.25) is 0 Å². The van der Waals surface area contributed by atoms with E-state index in [4.69, 9.17) is 0 Å². The van der Waals surface area contributed by atoms with Crippen LogP contribution in [0.25, 0.3) is 11.3 Å². The number of benzene rings is 1. The minimum Gasteiger partial charge on any atom is -0.357 e. The zero-order valence-electron chi connectivity index (χ0n) is 12.3. The molecule has 0 fully saturated rings. The summed E-state index contributed by atoms with van der Waals surface area (Å²) in [4.78, 5) is 6.67. The molecule has 5 heteroatoms. The van der Waals surface area contributed by atoms with Crippen molar-refractivity contribution in [2.45, 2.75) is 6.92 Å². The average Bonchev–Trinajstić information content (AvgIpc) is 2.96. The van der Waals surface area contributed by atoms with Gasteiger partial charge in [-0.2, -0.15) is 4.37 Å². The molecule has 0 aliphatic carbocycles. The molecule has 0 bridgehead atoms. The normalized spacial score (nSPS) is 10.9. The Morgan fingerprint density at radius 1 is 1.33 bits per heavy atom. The second kappa shape index (κ2) is 7.87. The van der Waals surface area contributed by atoms with Crippen molar-refractivity contribution < 1.29 is 0 Å². The van der Waals surface area contributed by atoms with E-state index < -0.39 is 0 Å². The molecule has 0 saturated heterocycles. The highest BCUT2D eigenvalue weighted by molar-refractivity contribution is 8.14. The number of hydrogen-bond donors (Lipinski definition) is 0. The van der Waals surface area contributed by atoms with Gasteiger partial charge in [-0.1, -0.05) is 48.0 Å². The number of rotatable bonds is 3. The molecule has 0 aliphatic rings. The van der Waals surface area contributed by atoms with Gasteiger partial charge in [0.05, 0.1) is 11.4 Å². The molecule has 0 amide bonds. The number of aliphatic imine (C=N–C) groups is 1. The molecule has 108 valence electrons. The molecular formula is C16H17N3S2. The number of nitrogens with zero attached hydrogens (tertiary/aromatic N) is 3. The highest BCUT2D eigenvalue weighted by atomic mass is 32.2. The standard InChI is InChI=1S/C16H17N3S2/c1-4-5-11-20-16(19(2)3)17-15-12-14(18-21-15)13-9-7-6-8-10-13/h6-10,12H,11H2,1-3H3. The Morgan fingerprint density at radius 3 is 2.76 bits per heavy atom. The van der Waals surface area contributed by atoms with Crippen LogP contribution in [0.4, 0.5) is 5.00 Å². The fourth-order valence-electron chi connectivity index (χ4n) is 1.59. The molecule has 0 N–H and O–H groups in total. The first kappa shape index (κ1) is 15.6. The van der Waals surface area contributed by atoms with Gasteiger partial charge in [-0.25, -0.2) is 4.99 Å². The molecule has 0 unspecified atom stereocenters. The lowest BCUT2D eigenvalue weighted by Crippen LogP contribution is -2.18. The molecular weight excluding hydrogens is 298 g/mol. The van der Waals surface area contributed by atoms with Crippen molar-refractivity contribution >= 4 is 33.5 Å². The van der Waals surface area contributed by atoms with Crippen LogP contribution < -0.4 is 0 Å². The molecule has 1 heterocycles. The van der Waals surface area contributed by atoms with Crippen molar-refractivity contribution in [2.24, 2.45) is 4.99 Å².